The van der Waals surface area contributed by atoms with E-state index < -0.39 is 6.43 Å². The third kappa shape index (κ3) is 3.30. The van der Waals surface area contributed by atoms with Gasteiger partial charge in [0, 0.05) is 17.5 Å². The second-order valence-electron chi connectivity index (χ2n) is 5.61. The molecule has 3 rings (SSSR count). The normalized spacial score (nSPS) is 21.9. The number of nitrogens with one attached hydrogen (secondary N) is 1. The molecule has 1 heterocycles. The lowest BCUT2D eigenvalue weighted by molar-refractivity contribution is 0.151. The van der Waals surface area contributed by atoms with Crippen LogP contribution in [0.1, 0.15) is 35.5 Å². The van der Waals surface area contributed by atoms with Gasteiger partial charge in [0.05, 0.1) is 0 Å². The van der Waals surface area contributed by atoms with Crippen LogP contribution >= 0.6 is 0 Å². The molecule has 0 aliphatic carbocycles. The third-order valence-corrected chi connectivity index (χ3v) is 4.26. The van der Waals surface area contributed by atoms with Crippen molar-refractivity contribution in [2.75, 3.05) is 6.54 Å². The molecule has 110 valence electrons. The van der Waals surface area contributed by atoms with E-state index in [9.17, 15) is 8.78 Å². The Hall–Kier alpha value is -1.74. The van der Waals surface area contributed by atoms with E-state index >= 15 is 0 Å². The van der Waals surface area contributed by atoms with Crippen LogP contribution in [0, 0.1) is 0 Å². The fourth-order valence-corrected chi connectivity index (χ4v) is 3.14. The molecule has 0 spiro atoms. The first-order chi connectivity index (χ1) is 10.2. The van der Waals surface area contributed by atoms with Crippen molar-refractivity contribution < 1.29 is 8.78 Å². The fourth-order valence-electron chi connectivity index (χ4n) is 3.14. The molecule has 21 heavy (non-hydrogen) atoms. The molecule has 0 aromatic heterocycles. The molecule has 2 aromatic carbocycles. The van der Waals surface area contributed by atoms with Crippen LogP contribution in [0.15, 0.2) is 54.6 Å². The average Bonchev–Trinajstić information content (AvgIpc) is 2.96. The van der Waals surface area contributed by atoms with E-state index in [-0.39, 0.29) is 5.56 Å². The van der Waals surface area contributed by atoms with E-state index in [2.05, 4.69) is 29.6 Å². The average molecular weight is 287 g/mol. The Kier molecular flexibility index (Phi) is 4.30. The molecule has 1 nitrogen and oxygen atoms in total. The lowest BCUT2D eigenvalue weighted by Crippen LogP contribution is -2.28. The highest BCUT2D eigenvalue weighted by Gasteiger charge is 2.28. The van der Waals surface area contributed by atoms with Gasteiger partial charge in [0.2, 0.25) is 0 Å². The summed E-state index contributed by atoms with van der Waals surface area (Å²) in [6.07, 6.45) is -0.353. The Morgan fingerprint density at radius 3 is 2.38 bits per heavy atom. The minimum atomic E-state index is -2.39. The van der Waals surface area contributed by atoms with Gasteiger partial charge in [-0.2, -0.15) is 0 Å². The Bertz CT molecular complexity index is 566. The zero-order chi connectivity index (χ0) is 14.7. The van der Waals surface area contributed by atoms with Gasteiger partial charge in [-0.1, -0.05) is 54.6 Å². The maximum atomic E-state index is 12.6. The Labute approximate surface area is 124 Å². The van der Waals surface area contributed by atoms with Gasteiger partial charge >= 0.3 is 0 Å². The third-order valence-electron chi connectivity index (χ3n) is 4.26. The minimum Gasteiger partial charge on any atom is -0.313 e. The molecule has 2 atom stereocenters. The smallest absolute Gasteiger partial charge is 0.263 e. The number of hydrogen-bond donors (Lipinski definition) is 1. The lowest BCUT2D eigenvalue weighted by atomic mass is 9.88. The Morgan fingerprint density at radius 2 is 1.71 bits per heavy atom. The van der Waals surface area contributed by atoms with Crippen molar-refractivity contribution in [3.63, 3.8) is 0 Å². The van der Waals surface area contributed by atoms with E-state index in [0.29, 0.717) is 12.0 Å². The molecule has 1 N–H and O–H groups in total. The summed E-state index contributed by atoms with van der Waals surface area (Å²) in [5.74, 6) is 0.400. The van der Waals surface area contributed by atoms with Crippen molar-refractivity contribution in [1.29, 1.82) is 0 Å². The van der Waals surface area contributed by atoms with Gasteiger partial charge in [0.25, 0.3) is 6.43 Å². The maximum absolute atomic E-state index is 12.6. The van der Waals surface area contributed by atoms with E-state index in [1.807, 2.05) is 18.2 Å². The van der Waals surface area contributed by atoms with Gasteiger partial charge in [-0.05, 0) is 30.5 Å². The van der Waals surface area contributed by atoms with Crippen molar-refractivity contribution in [1.82, 2.24) is 5.32 Å². The number of hydrogen-bond acceptors (Lipinski definition) is 1. The molecule has 2 aromatic rings. The maximum Gasteiger partial charge on any atom is 0.263 e. The molecular weight excluding hydrogens is 268 g/mol. The monoisotopic (exact) mass is 287 g/mol. The summed E-state index contributed by atoms with van der Waals surface area (Å²) < 4.78 is 25.3. The fraction of sp³-hybridized carbons (Fsp3) is 0.333. The van der Waals surface area contributed by atoms with Gasteiger partial charge in [-0.3, -0.25) is 0 Å². The zero-order valence-electron chi connectivity index (χ0n) is 11.8. The van der Waals surface area contributed by atoms with Crippen molar-refractivity contribution in [2.24, 2.45) is 0 Å². The Balaban J connectivity index is 1.74. The van der Waals surface area contributed by atoms with Gasteiger partial charge in [-0.15, -0.1) is 0 Å². The van der Waals surface area contributed by atoms with Gasteiger partial charge in [0.1, 0.15) is 0 Å². The summed E-state index contributed by atoms with van der Waals surface area (Å²) in [7, 11) is 0. The van der Waals surface area contributed by atoms with Crippen LogP contribution in [0.2, 0.25) is 0 Å². The van der Waals surface area contributed by atoms with Crippen LogP contribution in [-0.2, 0) is 6.42 Å². The van der Waals surface area contributed by atoms with Crippen molar-refractivity contribution >= 4 is 0 Å². The van der Waals surface area contributed by atoms with Crippen LogP contribution in [-0.4, -0.2) is 12.6 Å². The topological polar surface area (TPSA) is 12.0 Å². The summed E-state index contributed by atoms with van der Waals surface area (Å²) in [6, 6.07) is 17.6. The number of alkyl halides is 2. The summed E-state index contributed by atoms with van der Waals surface area (Å²) in [6.45, 7) is 0.985. The Morgan fingerprint density at radius 1 is 1.00 bits per heavy atom. The second kappa shape index (κ2) is 6.35. The molecule has 2 unspecified atom stereocenters. The summed E-state index contributed by atoms with van der Waals surface area (Å²) in [4.78, 5) is 0. The molecule has 1 aliphatic rings. The van der Waals surface area contributed by atoms with Crippen molar-refractivity contribution in [3.8, 4) is 0 Å². The van der Waals surface area contributed by atoms with Crippen molar-refractivity contribution in [2.45, 2.75) is 31.2 Å². The second-order valence-corrected chi connectivity index (χ2v) is 5.61. The number of rotatable bonds is 4. The number of halogens is 2. The number of benzene rings is 2. The highest BCUT2D eigenvalue weighted by atomic mass is 19.3. The molecule has 1 fully saturated rings. The molecule has 0 amide bonds. The van der Waals surface area contributed by atoms with E-state index in [1.165, 1.54) is 5.56 Å². The van der Waals surface area contributed by atoms with E-state index in [4.69, 9.17) is 0 Å². The van der Waals surface area contributed by atoms with Gasteiger partial charge < -0.3 is 5.32 Å². The molecule has 0 radical (unpaired) electrons. The quantitative estimate of drug-likeness (QED) is 0.883. The largest absolute Gasteiger partial charge is 0.313 e. The molecule has 0 saturated carbocycles. The molecular formula is C18H19F2N. The highest BCUT2D eigenvalue weighted by molar-refractivity contribution is 5.29. The van der Waals surface area contributed by atoms with Crippen LogP contribution < -0.4 is 5.32 Å². The van der Waals surface area contributed by atoms with Crippen LogP contribution in [0.5, 0.6) is 0 Å². The van der Waals surface area contributed by atoms with Gasteiger partial charge in [0.15, 0.2) is 0 Å². The van der Waals surface area contributed by atoms with Crippen LogP contribution in [0.4, 0.5) is 8.78 Å². The first-order valence-corrected chi connectivity index (χ1v) is 7.39. The molecule has 3 heteroatoms. The standard InChI is InChI=1S/C18H19F2N/c19-18(20)15-8-6-14(7-9-15)16-10-11-21-17(16)12-13-4-2-1-3-5-13/h1-9,16-18,21H,10-12H2. The highest BCUT2D eigenvalue weighted by Crippen LogP contribution is 2.31. The predicted octanol–water partition coefficient (Wildman–Crippen LogP) is 4.31. The summed E-state index contributed by atoms with van der Waals surface area (Å²) in [5.41, 5.74) is 2.57. The molecule has 1 aliphatic heterocycles. The van der Waals surface area contributed by atoms with Crippen molar-refractivity contribution in [3.05, 3.63) is 71.3 Å². The van der Waals surface area contributed by atoms with Crippen LogP contribution in [0.25, 0.3) is 0 Å². The van der Waals surface area contributed by atoms with E-state index in [1.54, 1.807) is 12.1 Å². The molecule has 1 saturated heterocycles. The predicted molar refractivity (Wildman–Crippen MR) is 80.7 cm³/mol. The zero-order valence-corrected chi connectivity index (χ0v) is 11.8. The summed E-state index contributed by atoms with van der Waals surface area (Å²) in [5, 5.41) is 3.54. The first-order valence-electron chi connectivity index (χ1n) is 7.39. The lowest BCUT2D eigenvalue weighted by Gasteiger charge is -2.20. The minimum absolute atomic E-state index is 0.101. The summed E-state index contributed by atoms with van der Waals surface area (Å²) >= 11 is 0. The SMILES string of the molecule is FC(F)c1ccc(C2CCNC2Cc2ccccc2)cc1. The molecule has 0 bridgehead atoms. The van der Waals surface area contributed by atoms with E-state index in [0.717, 1.165) is 24.9 Å². The van der Waals surface area contributed by atoms with Gasteiger partial charge in [-0.25, -0.2) is 8.78 Å². The first kappa shape index (κ1) is 14.2. The van der Waals surface area contributed by atoms with Crippen LogP contribution in [0.3, 0.4) is 0 Å².